The van der Waals surface area contributed by atoms with E-state index < -0.39 is 23.5 Å². The fourth-order valence-electron chi connectivity index (χ4n) is 0.957. The zero-order chi connectivity index (χ0) is 12.1. The van der Waals surface area contributed by atoms with E-state index in [4.69, 9.17) is 5.11 Å². The number of hydrogen-bond acceptors (Lipinski definition) is 2. The Hall–Kier alpha value is -2.24. The fourth-order valence-corrected chi connectivity index (χ4v) is 0.957. The molecule has 2 N–H and O–H groups in total. The Bertz CT molecular complexity index is 437. The summed E-state index contributed by atoms with van der Waals surface area (Å²) in [5, 5.41) is 10.3. The number of carboxylic acids is 1. The first-order valence-electron chi connectivity index (χ1n) is 4.15. The summed E-state index contributed by atoms with van der Waals surface area (Å²) in [6, 6.07) is 2.48. The molecular formula is C10H7F2NO3. The van der Waals surface area contributed by atoms with Crippen molar-refractivity contribution in [2.24, 2.45) is 0 Å². The van der Waals surface area contributed by atoms with Gasteiger partial charge in [0, 0.05) is 23.9 Å². The van der Waals surface area contributed by atoms with E-state index in [0.29, 0.717) is 12.1 Å². The van der Waals surface area contributed by atoms with Crippen LogP contribution < -0.4 is 5.32 Å². The maximum atomic E-state index is 12.7. The van der Waals surface area contributed by atoms with Crippen LogP contribution in [0.5, 0.6) is 0 Å². The van der Waals surface area contributed by atoms with E-state index in [2.05, 4.69) is 5.32 Å². The van der Waals surface area contributed by atoms with Crippen molar-refractivity contribution in [3.8, 4) is 0 Å². The van der Waals surface area contributed by atoms with Gasteiger partial charge in [0.25, 0.3) is 0 Å². The Morgan fingerprint density at radius 3 is 2.19 bits per heavy atom. The van der Waals surface area contributed by atoms with Gasteiger partial charge in [-0.2, -0.15) is 0 Å². The second-order valence-electron chi connectivity index (χ2n) is 2.82. The zero-order valence-corrected chi connectivity index (χ0v) is 7.91. The minimum absolute atomic E-state index is 0.0856. The first-order chi connectivity index (χ1) is 7.47. The first kappa shape index (κ1) is 11.8. The molecule has 16 heavy (non-hydrogen) atoms. The molecule has 1 aromatic carbocycles. The van der Waals surface area contributed by atoms with Gasteiger partial charge in [-0.1, -0.05) is 0 Å². The molecule has 0 saturated carbocycles. The van der Waals surface area contributed by atoms with Crippen molar-refractivity contribution in [2.45, 2.75) is 0 Å². The number of carbonyl (C=O) groups is 2. The van der Waals surface area contributed by atoms with E-state index in [0.717, 1.165) is 18.2 Å². The van der Waals surface area contributed by atoms with Gasteiger partial charge < -0.3 is 10.4 Å². The quantitative estimate of drug-likeness (QED) is 0.770. The van der Waals surface area contributed by atoms with Crippen LogP contribution in [0.25, 0.3) is 0 Å². The number of rotatable bonds is 3. The van der Waals surface area contributed by atoms with Crippen molar-refractivity contribution in [2.75, 3.05) is 5.32 Å². The van der Waals surface area contributed by atoms with Crippen LogP contribution in [0.2, 0.25) is 0 Å². The summed E-state index contributed by atoms with van der Waals surface area (Å²) < 4.78 is 25.4. The van der Waals surface area contributed by atoms with Crippen molar-refractivity contribution in [3.63, 3.8) is 0 Å². The third-order valence-electron chi connectivity index (χ3n) is 1.51. The predicted molar refractivity (Wildman–Crippen MR) is 51.8 cm³/mol. The number of halogens is 2. The Morgan fingerprint density at radius 2 is 1.69 bits per heavy atom. The molecule has 1 amide bonds. The Labute approximate surface area is 89.2 Å². The van der Waals surface area contributed by atoms with Crippen molar-refractivity contribution < 1.29 is 23.5 Å². The van der Waals surface area contributed by atoms with Crippen molar-refractivity contribution in [1.82, 2.24) is 0 Å². The molecule has 0 bridgehead atoms. The molecule has 0 aromatic heterocycles. The van der Waals surface area contributed by atoms with Gasteiger partial charge in [-0.05, 0) is 12.1 Å². The molecule has 0 aliphatic rings. The lowest BCUT2D eigenvalue weighted by Crippen LogP contribution is -2.09. The summed E-state index contributed by atoms with van der Waals surface area (Å²) in [6.45, 7) is 0. The molecule has 84 valence electrons. The third-order valence-corrected chi connectivity index (χ3v) is 1.51. The number of aliphatic carboxylic acids is 1. The van der Waals surface area contributed by atoms with Gasteiger partial charge in [0.05, 0.1) is 0 Å². The maximum Gasteiger partial charge on any atom is 0.328 e. The topological polar surface area (TPSA) is 66.4 Å². The number of hydrogen-bond donors (Lipinski definition) is 2. The van der Waals surface area contributed by atoms with Gasteiger partial charge in [-0.3, -0.25) is 4.79 Å². The van der Waals surface area contributed by atoms with Crippen LogP contribution in [-0.2, 0) is 9.59 Å². The molecule has 4 nitrogen and oxygen atoms in total. The lowest BCUT2D eigenvalue weighted by Gasteiger charge is -2.01. The van der Waals surface area contributed by atoms with Gasteiger partial charge >= 0.3 is 5.97 Å². The molecule has 0 aliphatic heterocycles. The van der Waals surface area contributed by atoms with Crippen LogP contribution in [0.1, 0.15) is 0 Å². The highest BCUT2D eigenvalue weighted by Crippen LogP contribution is 2.12. The number of anilines is 1. The summed E-state index contributed by atoms with van der Waals surface area (Å²) in [6.07, 6.45) is 1.36. The lowest BCUT2D eigenvalue weighted by atomic mass is 10.3. The average molecular weight is 227 g/mol. The highest BCUT2D eigenvalue weighted by Gasteiger charge is 2.03. The van der Waals surface area contributed by atoms with Crippen LogP contribution in [-0.4, -0.2) is 17.0 Å². The van der Waals surface area contributed by atoms with Crippen molar-refractivity contribution in [3.05, 3.63) is 42.0 Å². The lowest BCUT2D eigenvalue weighted by molar-refractivity contribution is -0.131. The first-order valence-corrected chi connectivity index (χ1v) is 4.15. The molecule has 0 heterocycles. The SMILES string of the molecule is O=C(O)/C=C\C(=O)Nc1cc(F)cc(F)c1. The Kier molecular flexibility index (Phi) is 3.71. The van der Waals surface area contributed by atoms with Crippen molar-refractivity contribution in [1.29, 1.82) is 0 Å². The molecule has 0 aliphatic carbocycles. The third kappa shape index (κ3) is 3.87. The second kappa shape index (κ2) is 5.01. The summed E-state index contributed by atoms with van der Waals surface area (Å²) >= 11 is 0. The highest BCUT2D eigenvalue weighted by molar-refractivity contribution is 6.02. The van der Waals surface area contributed by atoms with E-state index in [1.54, 1.807) is 0 Å². The normalized spacial score (nSPS) is 10.4. The van der Waals surface area contributed by atoms with Crippen LogP contribution in [0.15, 0.2) is 30.4 Å². The number of benzene rings is 1. The van der Waals surface area contributed by atoms with Gasteiger partial charge in [0.2, 0.25) is 5.91 Å². The van der Waals surface area contributed by atoms with E-state index in [1.165, 1.54) is 0 Å². The van der Waals surface area contributed by atoms with Gasteiger partial charge in [-0.25, -0.2) is 13.6 Å². The Balaban J connectivity index is 2.73. The smallest absolute Gasteiger partial charge is 0.328 e. The van der Waals surface area contributed by atoms with E-state index in [1.807, 2.05) is 0 Å². The summed E-state index contributed by atoms with van der Waals surface area (Å²) in [4.78, 5) is 21.1. The molecule has 0 atom stereocenters. The summed E-state index contributed by atoms with van der Waals surface area (Å²) in [5.74, 6) is -3.75. The molecule has 0 saturated heterocycles. The second-order valence-corrected chi connectivity index (χ2v) is 2.82. The van der Waals surface area contributed by atoms with Crippen LogP contribution in [0.4, 0.5) is 14.5 Å². The highest BCUT2D eigenvalue weighted by atomic mass is 19.1. The summed E-state index contributed by atoms with van der Waals surface area (Å²) in [5.41, 5.74) is -0.0856. The average Bonchev–Trinajstić information content (AvgIpc) is 2.12. The number of amides is 1. The standard InChI is InChI=1S/C10H7F2NO3/c11-6-3-7(12)5-8(4-6)13-9(14)1-2-10(15)16/h1-5H,(H,13,14)(H,15,16)/b2-1-. The monoisotopic (exact) mass is 227 g/mol. The van der Waals surface area contributed by atoms with E-state index in [-0.39, 0.29) is 5.69 Å². The minimum atomic E-state index is -1.29. The molecule has 0 unspecified atom stereocenters. The van der Waals surface area contributed by atoms with Crippen LogP contribution in [0.3, 0.4) is 0 Å². The molecule has 6 heteroatoms. The largest absolute Gasteiger partial charge is 0.478 e. The molecule has 0 spiro atoms. The minimum Gasteiger partial charge on any atom is -0.478 e. The van der Waals surface area contributed by atoms with Gasteiger partial charge in [-0.15, -0.1) is 0 Å². The van der Waals surface area contributed by atoms with Crippen LogP contribution in [0, 0.1) is 11.6 Å². The zero-order valence-electron chi connectivity index (χ0n) is 7.91. The number of carbonyl (C=O) groups excluding carboxylic acids is 1. The number of carboxylic acid groups (broad SMARTS) is 1. The molecule has 0 radical (unpaired) electrons. The maximum absolute atomic E-state index is 12.7. The van der Waals surface area contributed by atoms with E-state index >= 15 is 0 Å². The predicted octanol–water partition coefficient (Wildman–Crippen LogP) is 1.54. The van der Waals surface area contributed by atoms with Crippen molar-refractivity contribution >= 4 is 17.6 Å². The fraction of sp³-hybridized carbons (Fsp3) is 0. The van der Waals surface area contributed by atoms with Crippen LogP contribution >= 0.6 is 0 Å². The molecule has 1 aromatic rings. The van der Waals surface area contributed by atoms with E-state index in [9.17, 15) is 18.4 Å². The molecular weight excluding hydrogens is 220 g/mol. The van der Waals surface area contributed by atoms with Gasteiger partial charge in [0.15, 0.2) is 0 Å². The van der Waals surface area contributed by atoms with Gasteiger partial charge in [0.1, 0.15) is 11.6 Å². The molecule has 1 rings (SSSR count). The number of nitrogens with one attached hydrogen (secondary N) is 1. The summed E-state index contributed by atoms with van der Waals surface area (Å²) in [7, 11) is 0. The molecule has 0 fully saturated rings. The Morgan fingerprint density at radius 1 is 1.12 bits per heavy atom.